The van der Waals surface area contributed by atoms with E-state index in [1.54, 1.807) is 6.07 Å². The molecule has 5 nitrogen and oxygen atoms in total. The van der Waals surface area contributed by atoms with Gasteiger partial charge in [-0.05, 0) is 48.7 Å². The van der Waals surface area contributed by atoms with E-state index in [9.17, 15) is 9.90 Å². The fourth-order valence-electron chi connectivity index (χ4n) is 2.98. The number of aliphatic hydroxyl groups is 1. The second-order valence-corrected chi connectivity index (χ2v) is 6.39. The third-order valence-electron chi connectivity index (χ3n) is 4.35. The van der Waals surface area contributed by atoms with Crippen molar-refractivity contribution in [2.45, 2.75) is 33.5 Å². The van der Waals surface area contributed by atoms with Crippen molar-refractivity contribution < 1.29 is 9.90 Å². The minimum absolute atomic E-state index is 0.0375. The average molecular weight is 349 g/mol. The normalized spacial score (nSPS) is 10.7. The molecule has 0 saturated carbocycles. The highest BCUT2D eigenvalue weighted by molar-refractivity contribution is 5.94. The van der Waals surface area contributed by atoms with Crippen LogP contribution in [0.15, 0.2) is 54.6 Å². The molecular weight excluding hydrogens is 326 g/mol. The van der Waals surface area contributed by atoms with Crippen LogP contribution in [0.1, 0.15) is 38.4 Å². The van der Waals surface area contributed by atoms with Gasteiger partial charge in [-0.15, -0.1) is 0 Å². The summed E-state index contributed by atoms with van der Waals surface area (Å²) in [6.07, 6.45) is 0. The van der Waals surface area contributed by atoms with Gasteiger partial charge in [0.05, 0.1) is 18.8 Å². The van der Waals surface area contributed by atoms with Crippen LogP contribution < -0.4 is 5.32 Å². The number of aromatic nitrogens is 2. The van der Waals surface area contributed by atoms with Crippen molar-refractivity contribution in [2.24, 2.45) is 0 Å². The number of hydrogen-bond donors (Lipinski definition) is 2. The molecule has 0 spiro atoms. The molecule has 3 rings (SSSR count). The Balaban J connectivity index is 1.69. The fraction of sp³-hybridized carbons (Fsp3) is 0.238. The molecule has 2 N–H and O–H groups in total. The summed E-state index contributed by atoms with van der Waals surface area (Å²) in [4.78, 5) is 12.5. The van der Waals surface area contributed by atoms with Gasteiger partial charge in [0.15, 0.2) is 0 Å². The smallest absolute Gasteiger partial charge is 0.251 e. The first-order chi connectivity index (χ1) is 12.6. The summed E-state index contributed by atoms with van der Waals surface area (Å²) in [5, 5.41) is 16.8. The zero-order valence-electron chi connectivity index (χ0n) is 15.1. The van der Waals surface area contributed by atoms with Crippen molar-refractivity contribution in [2.75, 3.05) is 0 Å². The van der Waals surface area contributed by atoms with Crippen molar-refractivity contribution in [3.63, 3.8) is 0 Å². The number of aliphatic hydroxyl groups excluding tert-OH is 1. The van der Waals surface area contributed by atoms with Crippen LogP contribution in [0, 0.1) is 13.8 Å². The second kappa shape index (κ2) is 7.97. The summed E-state index contributed by atoms with van der Waals surface area (Å²) in [7, 11) is 0. The van der Waals surface area contributed by atoms with Crippen LogP contribution in [0.4, 0.5) is 0 Å². The predicted molar refractivity (Wildman–Crippen MR) is 101 cm³/mol. The molecule has 2 aromatic carbocycles. The van der Waals surface area contributed by atoms with Gasteiger partial charge in [-0.2, -0.15) is 5.10 Å². The molecule has 26 heavy (non-hydrogen) atoms. The maximum Gasteiger partial charge on any atom is 0.251 e. The summed E-state index contributed by atoms with van der Waals surface area (Å²) in [5.74, 6) is -0.132. The Labute approximate surface area is 153 Å². The van der Waals surface area contributed by atoms with E-state index in [0.717, 1.165) is 28.1 Å². The van der Waals surface area contributed by atoms with E-state index in [1.807, 2.05) is 67.1 Å². The Morgan fingerprint density at radius 3 is 2.54 bits per heavy atom. The minimum Gasteiger partial charge on any atom is -0.392 e. The van der Waals surface area contributed by atoms with Crippen LogP contribution in [0.5, 0.6) is 0 Å². The Kier molecular flexibility index (Phi) is 5.49. The van der Waals surface area contributed by atoms with E-state index in [1.165, 1.54) is 0 Å². The Hall–Kier alpha value is -2.92. The summed E-state index contributed by atoms with van der Waals surface area (Å²) in [6, 6.07) is 17.2. The lowest BCUT2D eigenvalue weighted by Crippen LogP contribution is -2.23. The van der Waals surface area contributed by atoms with Crippen molar-refractivity contribution >= 4 is 5.91 Å². The molecule has 3 aromatic rings. The largest absolute Gasteiger partial charge is 0.392 e. The van der Waals surface area contributed by atoms with Gasteiger partial charge in [-0.1, -0.05) is 36.4 Å². The Morgan fingerprint density at radius 1 is 1.08 bits per heavy atom. The zero-order chi connectivity index (χ0) is 18.5. The van der Waals surface area contributed by atoms with Gasteiger partial charge in [0.25, 0.3) is 5.91 Å². The molecule has 1 amide bonds. The number of carbonyl (C=O) groups is 1. The number of aryl methyl sites for hydroxylation is 2. The minimum atomic E-state index is -0.132. The fourth-order valence-corrected chi connectivity index (χ4v) is 2.98. The van der Waals surface area contributed by atoms with Crippen LogP contribution in [0.25, 0.3) is 0 Å². The molecule has 5 heteroatoms. The number of benzene rings is 2. The van der Waals surface area contributed by atoms with Crippen molar-refractivity contribution in [1.82, 2.24) is 15.1 Å². The number of amides is 1. The third-order valence-corrected chi connectivity index (χ3v) is 4.35. The van der Waals surface area contributed by atoms with Gasteiger partial charge in [0, 0.05) is 17.8 Å². The maximum absolute atomic E-state index is 12.5. The summed E-state index contributed by atoms with van der Waals surface area (Å²) < 4.78 is 1.93. The molecular formula is C21H23N3O2. The summed E-state index contributed by atoms with van der Waals surface area (Å²) >= 11 is 0. The summed E-state index contributed by atoms with van der Waals surface area (Å²) in [6.45, 7) is 4.97. The van der Waals surface area contributed by atoms with Crippen LogP contribution >= 0.6 is 0 Å². The Morgan fingerprint density at radius 2 is 1.85 bits per heavy atom. The molecule has 0 bridgehead atoms. The van der Waals surface area contributed by atoms with Crippen LogP contribution in [-0.4, -0.2) is 20.8 Å². The lowest BCUT2D eigenvalue weighted by molar-refractivity contribution is 0.0950. The maximum atomic E-state index is 12.5. The lowest BCUT2D eigenvalue weighted by atomic mass is 10.1. The van der Waals surface area contributed by atoms with Gasteiger partial charge >= 0.3 is 0 Å². The molecule has 0 aliphatic carbocycles. The quantitative estimate of drug-likeness (QED) is 0.719. The summed E-state index contributed by atoms with van der Waals surface area (Å²) in [5.41, 5.74) is 5.47. The van der Waals surface area contributed by atoms with E-state index in [4.69, 9.17) is 0 Å². The topological polar surface area (TPSA) is 67.2 Å². The first-order valence-corrected chi connectivity index (χ1v) is 8.62. The van der Waals surface area contributed by atoms with Gasteiger partial charge in [-0.25, -0.2) is 0 Å². The highest BCUT2D eigenvalue weighted by Crippen LogP contribution is 2.11. The van der Waals surface area contributed by atoms with Gasteiger partial charge in [0.2, 0.25) is 0 Å². The molecule has 0 saturated heterocycles. The monoisotopic (exact) mass is 349 g/mol. The van der Waals surface area contributed by atoms with Crippen LogP contribution in [0.3, 0.4) is 0 Å². The van der Waals surface area contributed by atoms with E-state index < -0.39 is 0 Å². The first-order valence-electron chi connectivity index (χ1n) is 8.62. The van der Waals surface area contributed by atoms with E-state index in [2.05, 4.69) is 10.4 Å². The van der Waals surface area contributed by atoms with Crippen LogP contribution in [-0.2, 0) is 19.7 Å². The molecule has 0 aliphatic rings. The van der Waals surface area contributed by atoms with Gasteiger partial charge < -0.3 is 10.4 Å². The van der Waals surface area contributed by atoms with Gasteiger partial charge in [0.1, 0.15) is 0 Å². The number of nitrogens with zero attached hydrogens (tertiary/aromatic N) is 2. The van der Waals surface area contributed by atoms with E-state index in [0.29, 0.717) is 18.7 Å². The average Bonchev–Trinajstić information content (AvgIpc) is 2.97. The predicted octanol–water partition coefficient (Wildman–Crippen LogP) is 2.97. The molecule has 0 aliphatic heterocycles. The number of hydrogen-bond acceptors (Lipinski definition) is 3. The number of nitrogens with one attached hydrogen (secondary N) is 1. The van der Waals surface area contributed by atoms with E-state index in [-0.39, 0.29) is 12.5 Å². The van der Waals surface area contributed by atoms with Crippen molar-refractivity contribution in [3.05, 3.63) is 88.2 Å². The van der Waals surface area contributed by atoms with Crippen molar-refractivity contribution in [1.29, 1.82) is 0 Å². The first kappa shape index (κ1) is 17.9. The number of rotatable bonds is 6. The van der Waals surface area contributed by atoms with E-state index >= 15 is 0 Å². The van der Waals surface area contributed by atoms with Crippen molar-refractivity contribution in [3.8, 4) is 0 Å². The third kappa shape index (κ3) is 4.18. The van der Waals surface area contributed by atoms with Crippen LogP contribution in [0.2, 0.25) is 0 Å². The molecule has 0 atom stereocenters. The molecule has 0 radical (unpaired) electrons. The molecule has 134 valence electrons. The second-order valence-electron chi connectivity index (χ2n) is 6.39. The molecule has 0 fully saturated rings. The SMILES string of the molecule is Cc1cc(C)n(Cc2cccc(C(=O)NCc3ccccc3CO)c2)n1. The highest BCUT2D eigenvalue weighted by Gasteiger charge is 2.09. The highest BCUT2D eigenvalue weighted by atomic mass is 16.3. The molecule has 0 unspecified atom stereocenters. The number of carbonyl (C=O) groups excluding carboxylic acids is 1. The zero-order valence-corrected chi connectivity index (χ0v) is 15.1. The molecule has 1 aromatic heterocycles. The standard InChI is InChI=1S/C21H23N3O2/c1-15-10-16(2)24(23-15)13-17-6-5-9-18(11-17)21(26)22-12-19-7-3-4-8-20(19)14-25/h3-11,25H,12-14H2,1-2H3,(H,22,26). The lowest BCUT2D eigenvalue weighted by Gasteiger charge is -2.10. The Bertz CT molecular complexity index is 915. The molecule has 1 heterocycles. The van der Waals surface area contributed by atoms with Gasteiger partial charge in [-0.3, -0.25) is 9.48 Å².